The zero-order chi connectivity index (χ0) is 16.8. The number of aliphatic hydroxyl groups excluding tert-OH is 1. The van der Waals surface area contributed by atoms with Gasteiger partial charge in [0.15, 0.2) is 0 Å². The van der Waals surface area contributed by atoms with Crippen molar-refractivity contribution in [3.63, 3.8) is 0 Å². The van der Waals surface area contributed by atoms with Gasteiger partial charge in [0.2, 0.25) is 0 Å². The second-order valence-corrected chi connectivity index (χ2v) is 5.08. The number of amides is 2. The largest absolute Gasteiger partial charge is 0.396 e. The maximum Gasteiger partial charge on any atom is 0.319 e. The second-order valence-electron chi connectivity index (χ2n) is 5.08. The lowest BCUT2D eigenvalue weighted by Gasteiger charge is -2.14. The van der Waals surface area contributed by atoms with Crippen molar-refractivity contribution in [1.82, 2.24) is 9.88 Å². The minimum Gasteiger partial charge on any atom is -0.396 e. The molecule has 23 heavy (non-hydrogen) atoms. The molecule has 7 heteroatoms. The minimum atomic E-state index is -0.650. The van der Waals surface area contributed by atoms with Crippen LogP contribution in [0.1, 0.15) is 13.3 Å². The van der Waals surface area contributed by atoms with Gasteiger partial charge in [0, 0.05) is 31.0 Å². The molecule has 0 bridgehead atoms. The van der Waals surface area contributed by atoms with E-state index >= 15 is 0 Å². The molecule has 1 heterocycles. The monoisotopic (exact) mass is 319 g/mol. The summed E-state index contributed by atoms with van der Waals surface area (Å²) in [6.45, 7) is 1.69. The lowest BCUT2D eigenvalue weighted by molar-refractivity contribution is 0.241. The van der Waals surface area contributed by atoms with E-state index in [1.807, 2.05) is 0 Å². The van der Waals surface area contributed by atoms with Crippen LogP contribution in [0.4, 0.5) is 14.9 Å². The summed E-state index contributed by atoms with van der Waals surface area (Å²) < 4.78 is 15.4. The average Bonchev–Trinajstić information content (AvgIpc) is 2.50. The molecule has 2 aromatic rings. The molecule has 122 valence electrons. The van der Waals surface area contributed by atoms with Gasteiger partial charge in [-0.3, -0.25) is 9.36 Å². The van der Waals surface area contributed by atoms with Gasteiger partial charge in [0.25, 0.3) is 5.56 Å². The van der Waals surface area contributed by atoms with Crippen molar-refractivity contribution in [2.75, 3.05) is 11.9 Å². The lowest BCUT2D eigenvalue weighted by Crippen LogP contribution is -2.36. The summed E-state index contributed by atoms with van der Waals surface area (Å²) in [4.78, 5) is 23.5. The number of urea groups is 1. The Labute approximate surface area is 132 Å². The van der Waals surface area contributed by atoms with Gasteiger partial charge in [0.1, 0.15) is 5.82 Å². The van der Waals surface area contributed by atoms with Gasteiger partial charge in [0.05, 0.1) is 11.4 Å². The summed E-state index contributed by atoms with van der Waals surface area (Å²) in [5, 5.41) is 13.8. The fourth-order valence-corrected chi connectivity index (χ4v) is 2.04. The minimum absolute atomic E-state index is 0.00595. The summed E-state index contributed by atoms with van der Waals surface area (Å²) in [5.41, 5.74) is 0.0994. The molecule has 0 spiro atoms. The number of benzene rings is 1. The predicted molar refractivity (Wildman–Crippen MR) is 85.3 cm³/mol. The van der Waals surface area contributed by atoms with Crippen molar-refractivity contribution in [1.29, 1.82) is 0 Å². The van der Waals surface area contributed by atoms with E-state index < -0.39 is 11.8 Å². The van der Waals surface area contributed by atoms with Crippen LogP contribution in [-0.2, 0) is 0 Å². The van der Waals surface area contributed by atoms with Gasteiger partial charge in [-0.25, -0.2) is 9.18 Å². The summed E-state index contributed by atoms with van der Waals surface area (Å²) >= 11 is 0. The number of pyridine rings is 1. The number of nitrogens with one attached hydrogen (secondary N) is 2. The highest BCUT2D eigenvalue weighted by atomic mass is 19.1. The smallest absolute Gasteiger partial charge is 0.319 e. The Morgan fingerprint density at radius 1 is 1.35 bits per heavy atom. The SMILES string of the molecule is C[C@H](CCO)NC(=O)Nc1ccc(-n2ccccc2=O)cc1F. The maximum atomic E-state index is 14.1. The van der Waals surface area contributed by atoms with Crippen molar-refractivity contribution in [2.45, 2.75) is 19.4 Å². The van der Waals surface area contributed by atoms with Crippen LogP contribution in [-0.4, -0.2) is 28.4 Å². The summed E-state index contributed by atoms with van der Waals surface area (Å²) in [6, 6.07) is 7.95. The molecule has 0 radical (unpaired) electrons. The lowest BCUT2D eigenvalue weighted by atomic mass is 10.2. The molecule has 3 N–H and O–H groups in total. The van der Waals surface area contributed by atoms with Crippen LogP contribution in [0.2, 0.25) is 0 Å². The first-order chi connectivity index (χ1) is 11.0. The molecule has 6 nitrogen and oxygen atoms in total. The number of nitrogens with zero attached hydrogens (tertiary/aromatic N) is 1. The predicted octanol–water partition coefficient (Wildman–Crippen LogP) is 1.87. The number of carbonyl (C=O) groups excluding carboxylic acids is 1. The number of halogens is 1. The van der Waals surface area contributed by atoms with E-state index in [0.717, 1.165) is 0 Å². The highest BCUT2D eigenvalue weighted by Gasteiger charge is 2.11. The van der Waals surface area contributed by atoms with E-state index in [2.05, 4.69) is 10.6 Å². The Hall–Kier alpha value is -2.67. The van der Waals surface area contributed by atoms with Gasteiger partial charge in [-0.1, -0.05) is 6.07 Å². The van der Waals surface area contributed by atoms with Crippen LogP contribution < -0.4 is 16.2 Å². The topological polar surface area (TPSA) is 83.4 Å². The molecule has 2 amide bonds. The molecule has 0 fully saturated rings. The molecule has 0 saturated carbocycles. The Morgan fingerprint density at radius 3 is 2.78 bits per heavy atom. The maximum absolute atomic E-state index is 14.1. The third kappa shape index (κ3) is 4.40. The third-order valence-corrected chi connectivity index (χ3v) is 3.24. The molecule has 2 rings (SSSR count). The van der Waals surface area contributed by atoms with Gasteiger partial charge in [-0.15, -0.1) is 0 Å². The number of carbonyl (C=O) groups is 1. The van der Waals surface area contributed by atoms with Crippen LogP contribution in [0, 0.1) is 5.82 Å². The Morgan fingerprint density at radius 2 is 2.13 bits per heavy atom. The Kier molecular flexibility index (Phi) is 5.48. The normalized spacial score (nSPS) is 11.8. The van der Waals surface area contributed by atoms with Crippen molar-refractivity contribution in [3.8, 4) is 5.69 Å². The van der Waals surface area contributed by atoms with E-state index in [4.69, 9.17) is 5.11 Å². The number of rotatable bonds is 5. The Balaban J connectivity index is 2.13. The van der Waals surface area contributed by atoms with Crippen molar-refractivity contribution in [2.24, 2.45) is 0 Å². The molecule has 1 atom stereocenters. The van der Waals surface area contributed by atoms with E-state index in [9.17, 15) is 14.0 Å². The van der Waals surface area contributed by atoms with Crippen LogP contribution in [0.25, 0.3) is 5.69 Å². The standard InChI is InChI=1S/C16H18FN3O3/c1-11(7-9-21)18-16(23)19-14-6-5-12(10-13(14)17)20-8-3-2-4-15(20)22/h2-6,8,10-11,21H,7,9H2,1H3,(H2,18,19,23)/t11-/m1/s1. The first-order valence-electron chi connectivity index (χ1n) is 7.17. The average molecular weight is 319 g/mol. The summed E-state index contributed by atoms with van der Waals surface area (Å²) in [5.74, 6) is -0.650. The van der Waals surface area contributed by atoms with Crippen LogP contribution in [0.5, 0.6) is 0 Å². The van der Waals surface area contributed by atoms with E-state index in [1.165, 1.54) is 35.0 Å². The Bertz CT molecular complexity index is 745. The number of aromatic nitrogens is 1. The van der Waals surface area contributed by atoms with Crippen molar-refractivity contribution < 1.29 is 14.3 Å². The highest BCUT2D eigenvalue weighted by molar-refractivity contribution is 5.89. The summed E-state index contributed by atoms with van der Waals surface area (Å²) in [6.07, 6.45) is 1.94. The molecular formula is C16H18FN3O3. The quantitative estimate of drug-likeness (QED) is 0.787. The first kappa shape index (κ1) is 16.7. The molecular weight excluding hydrogens is 301 g/mol. The van der Waals surface area contributed by atoms with Gasteiger partial charge >= 0.3 is 6.03 Å². The molecule has 0 aliphatic rings. The number of hydrogen-bond acceptors (Lipinski definition) is 3. The zero-order valence-corrected chi connectivity index (χ0v) is 12.6. The van der Waals surface area contributed by atoms with Gasteiger partial charge in [-0.05, 0) is 31.5 Å². The van der Waals surface area contributed by atoms with Gasteiger partial charge < -0.3 is 15.7 Å². The molecule has 1 aromatic heterocycles. The zero-order valence-electron chi connectivity index (χ0n) is 12.6. The third-order valence-electron chi connectivity index (χ3n) is 3.24. The highest BCUT2D eigenvalue weighted by Crippen LogP contribution is 2.17. The molecule has 0 aliphatic heterocycles. The second kappa shape index (κ2) is 7.55. The van der Waals surface area contributed by atoms with Crippen molar-refractivity contribution in [3.05, 3.63) is 58.8 Å². The number of hydrogen-bond donors (Lipinski definition) is 3. The molecule has 0 aliphatic carbocycles. The van der Waals surface area contributed by atoms with E-state index in [0.29, 0.717) is 12.1 Å². The van der Waals surface area contributed by atoms with Crippen LogP contribution in [0.15, 0.2) is 47.4 Å². The first-order valence-corrected chi connectivity index (χ1v) is 7.17. The number of anilines is 1. The summed E-state index contributed by atoms with van der Waals surface area (Å²) in [7, 11) is 0. The molecule has 0 saturated heterocycles. The van der Waals surface area contributed by atoms with E-state index in [-0.39, 0.29) is 23.9 Å². The van der Waals surface area contributed by atoms with E-state index in [1.54, 1.807) is 19.1 Å². The number of aliphatic hydroxyl groups is 1. The van der Waals surface area contributed by atoms with Gasteiger partial charge in [-0.2, -0.15) is 0 Å². The van der Waals surface area contributed by atoms with Crippen LogP contribution >= 0.6 is 0 Å². The molecule has 1 aromatic carbocycles. The fraction of sp³-hybridized carbons (Fsp3) is 0.250. The van der Waals surface area contributed by atoms with Crippen LogP contribution in [0.3, 0.4) is 0 Å². The van der Waals surface area contributed by atoms with Crippen molar-refractivity contribution >= 4 is 11.7 Å². The fourth-order valence-electron chi connectivity index (χ4n) is 2.04. The molecule has 0 unspecified atom stereocenters.